The smallest absolute Gasteiger partial charge is 0.227 e. The molecular weight excluding hydrogens is 382 g/mol. The molecule has 0 spiro atoms. The second-order valence-electron chi connectivity index (χ2n) is 8.22. The third-order valence-electron chi connectivity index (χ3n) is 6.22. The summed E-state index contributed by atoms with van der Waals surface area (Å²) in [5, 5.41) is 2.17. The zero-order valence-electron chi connectivity index (χ0n) is 17.6. The average Bonchev–Trinajstić information content (AvgIpc) is 3.18. The molecule has 4 nitrogen and oxygen atoms in total. The number of para-hydroxylation sites is 3. The first kappa shape index (κ1) is 18.0. The van der Waals surface area contributed by atoms with E-state index in [-0.39, 0.29) is 6.04 Å². The third kappa shape index (κ3) is 2.72. The Morgan fingerprint density at radius 3 is 2.45 bits per heavy atom. The molecule has 1 atom stereocenters. The van der Waals surface area contributed by atoms with Gasteiger partial charge < -0.3 is 14.2 Å². The molecule has 5 aromatic rings. The summed E-state index contributed by atoms with van der Waals surface area (Å²) in [4.78, 5) is 9.30. The Kier molecular flexibility index (Phi) is 4.00. The van der Waals surface area contributed by atoms with Crippen LogP contribution in [0, 0.1) is 6.92 Å². The van der Waals surface area contributed by atoms with E-state index in [9.17, 15) is 0 Å². The zero-order valence-corrected chi connectivity index (χ0v) is 17.6. The SMILES string of the molecule is Cc1ccc2c(oc3ncccc32)c1N1C[C@H](C)N(c2ccccc2)c2ccccc21. The number of anilines is 4. The van der Waals surface area contributed by atoms with Crippen molar-refractivity contribution < 1.29 is 4.42 Å². The lowest BCUT2D eigenvalue weighted by atomic mass is 10.0. The first-order chi connectivity index (χ1) is 15.2. The van der Waals surface area contributed by atoms with E-state index in [4.69, 9.17) is 4.42 Å². The van der Waals surface area contributed by atoms with Crippen molar-refractivity contribution in [1.29, 1.82) is 0 Å². The molecule has 6 rings (SSSR count). The number of aryl methyl sites for hydroxylation is 1. The van der Waals surface area contributed by atoms with E-state index in [2.05, 4.69) is 101 Å². The van der Waals surface area contributed by atoms with Gasteiger partial charge in [-0.2, -0.15) is 0 Å². The monoisotopic (exact) mass is 405 g/mol. The second-order valence-corrected chi connectivity index (χ2v) is 8.22. The van der Waals surface area contributed by atoms with Crippen LogP contribution in [0.1, 0.15) is 12.5 Å². The lowest BCUT2D eigenvalue weighted by Crippen LogP contribution is -2.43. The predicted octanol–water partition coefficient (Wildman–Crippen LogP) is 6.97. The van der Waals surface area contributed by atoms with Gasteiger partial charge in [0.05, 0.1) is 17.1 Å². The number of hydrogen-bond donors (Lipinski definition) is 0. The number of pyridine rings is 1. The maximum Gasteiger partial charge on any atom is 0.227 e. The first-order valence-electron chi connectivity index (χ1n) is 10.7. The van der Waals surface area contributed by atoms with Crippen LogP contribution in [0.2, 0.25) is 0 Å². The van der Waals surface area contributed by atoms with Crippen molar-refractivity contribution in [3.8, 4) is 0 Å². The third-order valence-corrected chi connectivity index (χ3v) is 6.22. The molecule has 0 aliphatic carbocycles. The Morgan fingerprint density at radius 1 is 0.839 bits per heavy atom. The fourth-order valence-electron chi connectivity index (χ4n) is 4.87. The average molecular weight is 406 g/mol. The Balaban J connectivity index is 1.59. The van der Waals surface area contributed by atoms with Gasteiger partial charge in [0.1, 0.15) is 0 Å². The molecule has 31 heavy (non-hydrogen) atoms. The highest BCUT2D eigenvalue weighted by Gasteiger charge is 2.32. The Morgan fingerprint density at radius 2 is 1.61 bits per heavy atom. The molecule has 0 unspecified atom stereocenters. The van der Waals surface area contributed by atoms with Gasteiger partial charge in [-0.15, -0.1) is 0 Å². The molecule has 0 bridgehead atoms. The minimum atomic E-state index is 0.287. The van der Waals surface area contributed by atoms with Gasteiger partial charge in [-0.25, -0.2) is 4.98 Å². The summed E-state index contributed by atoms with van der Waals surface area (Å²) in [5.74, 6) is 0. The molecule has 0 amide bonds. The van der Waals surface area contributed by atoms with Gasteiger partial charge in [-0.3, -0.25) is 0 Å². The molecule has 1 aliphatic rings. The van der Waals surface area contributed by atoms with E-state index >= 15 is 0 Å². The molecule has 0 saturated heterocycles. The highest BCUT2D eigenvalue weighted by atomic mass is 16.3. The topological polar surface area (TPSA) is 32.5 Å². The summed E-state index contributed by atoms with van der Waals surface area (Å²) in [6.45, 7) is 5.30. The van der Waals surface area contributed by atoms with Gasteiger partial charge in [0, 0.05) is 35.2 Å². The maximum atomic E-state index is 6.31. The lowest BCUT2D eigenvalue weighted by Gasteiger charge is -2.43. The van der Waals surface area contributed by atoms with Gasteiger partial charge in [-0.1, -0.05) is 42.5 Å². The molecule has 0 fully saturated rings. The molecule has 2 aromatic heterocycles. The van der Waals surface area contributed by atoms with Crippen LogP contribution in [-0.2, 0) is 0 Å². The van der Waals surface area contributed by atoms with Crippen molar-refractivity contribution in [3.63, 3.8) is 0 Å². The van der Waals surface area contributed by atoms with Crippen LogP contribution in [0.15, 0.2) is 89.5 Å². The normalized spacial score (nSPS) is 16.1. The van der Waals surface area contributed by atoms with E-state index < -0.39 is 0 Å². The van der Waals surface area contributed by atoms with Gasteiger partial charge in [-0.05, 0) is 55.8 Å². The molecule has 4 heteroatoms. The fourth-order valence-corrected chi connectivity index (χ4v) is 4.87. The summed E-state index contributed by atoms with van der Waals surface area (Å²) < 4.78 is 6.31. The summed E-state index contributed by atoms with van der Waals surface area (Å²) >= 11 is 0. The van der Waals surface area contributed by atoms with Crippen molar-refractivity contribution in [3.05, 3.63) is 90.6 Å². The summed E-state index contributed by atoms with van der Waals surface area (Å²) in [5.41, 5.74) is 7.53. The quantitative estimate of drug-likeness (QED) is 0.317. The number of benzene rings is 3. The molecule has 1 aliphatic heterocycles. The van der Waals surface area contributed by atoms with Crippen molar-refractivity contribution in [2.45, 2.75) is 19.9 Å². The number of aromatic nitrogens is 1. The molecule has 3 aromatic carbocycles. The standard InChI is InChI=1S/C27H23N3O/c1-18-14-15-21-22-11-8-16-28-27(22)31-26(21)25(18)29-17-19(2)30(20-9-4-3-5-10-20)24-13-7-6-12-23(24)29/h3-16,19H,17H2,1-2H3/t19-/m0/s1. The Bertz CT molecular complexity index is 1410. The van der Waals surface area contributed by atoms with E-state index in [0.717, 1.165) is 28.6 Å². The molecule has 152 valence electrons. The van der Waals surface area contributed by atoms with Gasteiger partial charge in [0.25, 0.3) is 0 Å². The van der Waals surface area contributed by atoms with E-state index in [1.165, 1.54) is 22.6 Å². The molecule has 0 N–H and O–H groups in total. The number of furan rings is 1. The second kappa shape index (κ2) is 6.88. The molecular formula is C27H23N3O. The number of nitrogens with zero attached hydrogens (tertiary/aromatic N) is 3. The summed E-state index contributed by atoms with van der Waals surface area (Å²) in [7, 11) is 0. The van der Waals surface area contributed by atoms with Crippen LogP contribution in [0.5, 0.6) is 0 Å². The maximum absolute atomic E-state index is 6.31. The van der Waals surface area contributed by atoms with Crippen molar-refractivity contribution in [2.24, 2.45) is 0 Å². The number of fused-ring (bicyclic) bond motifs is 4. The molecule has 0 saturated carbocycles. The van der Waals surface area contributed by atoms with Crippen LogP contribution < -0.4 is 9.80 Å². The van der Waals surface area contributed by atoms with Crippen molar-refractivity contribution in [1.82, 2.24) is 4.98 Å². The Labute approximate surface area is 181 Å². The number of rotatable bonds is 2. The van der Waals surface area contributed by atoms with E-state index in [0.29, 0.717) is 5.71 Å². The van der Waals surface area contributed by atoms with Crippen molar-refractivity contribution in [2.75, 3.05) is 16.3 Å². The molecule has 0 radical (unpaired) electrons. The van der Waals surface area contributed by atoms with Crippen molar-refractivity contribution >= 4 is 44.8 Å². The Hall–Kier alpha value is -3.79. The van der Waals surface area contributed by atoms with Gasteiger partial charge in [0.15, 0.2) is 5.58 Å². The van der Waals surface area contributed by atoms with E-state index in [1.807, 2.05) is 6.07 Å². The minimum absolute atomic E-state index is 0.287. The number of hydrogen-bond acceptors (Lipinski definition) is 4. The summed E-state index contributed by atoms with van der Waals surface area (Å²) in [6, 6.07) is 27.9. The predicted molar refractivity (Wildman–Crippen MR) is 128 cm³/mol. The molecule has 3 heterocycles. The largest absolute Gasteiger partial charge is 0.435 e. The van der Waals surface area contributed by atoms with Crippen LogP contribution in [0.3, 0.4) is 0 Å². The summed E-state index contributed by atoms with van der Waals surface area (Å²) in [6.07, 6.45) is 1.78. The zero-order chi connectivity index (χ0) is 20.9. The van der Waals surface area contributed by atoms with Gasteiger partial charge >= 0.3 is 0 Å². The highest BCUT2D eigenvalue weighted by Crippen LogP contribution is 2.46. The van der Waals surface area contributed by atoms with Crippen LogP contribution in [0.25, 0.3) is 22.1 Å². The highest BCUT2D eigenvalue weighted by molar-refractivity contribution is 6.09. The van der Waals surface area contributed by atoms with Crippen LogP contribution in [0.4, 0.5) is 22.7 Å². The van der Waals surface area contributed by atoms with Crippen LogP contribution in [-0.4, -0.2) is 17.6 Å². The van der Waals surface area contributed by atoms with Crippen LogP contribution >= 0.6 is 0 Å². The first-order valence-corrected chi connectivity index (χ1v) is 10.7. The van der Waals surface area contributed by atoms with E-state index in [1.54, 1.807) is 6.20 Å². The van der Waals surface area contributed by atoms with Gasteiger partial charge in [0.2, 0.25) is 5.71 Å². The fraction of sp³-hybridized carbons (Fsp3) is 0.148. The minimum Gasteiger partial charge on any atom is -0.435 e. The lowest BCUT2D eigenvalue weighted by molar-refractivity contribution is 0.645.